The van der Waals surface area contributed by atoms with Crippen LogP contribution in [0.5, 0.6) is 5.75 Å². The molecule has 1 fully saturated rings. The Bertz CT molecular complexity index is 416. The summed E-state index contributed by atoms with van der Waals surface area (Å²) in [6.45, 7) is 1.84. The number of hydrogen-bond acceptors (Lipinski definition) is 3. The number of nitrogens with one attached hydrogen (secondary N) is 1. The molecule has 5 heteroatoms. The molecule has 1 amide bonds. The number of hydrogen-bond donors (Lipinski definition) is 1. The maximum Gasteiger partial charge on any atom is 0.239 e. The van der Waals surface area contributed by atoms with Crippen LogP contribution in [0.2, 0.25) is 0 Å². The van der Waals surface area contributed by atoms with Crippen LogP contribution >= 0.6 is 0 Å². The van der Waals surface area contributed by atoms with E-state index in [4.69, 9.17) is 4.74 Å². The number of carbonyl (C=O) groups is 1. The summed E-state index contributed by atoms with van der Waals surface area (Å²) in [4.78, 5) is 13.7. The number of rotatable bonds is 5. The molecule has 19 heavy (non-hydrogen) atoms. The van der Waals surface area contributed by atoms with E-state index in [2.05, 4.69) is 5.32 Å². The normalized spacial score (nSPS) is 18.3. The van der Waals surface area contributed by atoms with Crippen LogP contribution in [0.3, 0.4) is 0 Å². The average Bonchev–Trinajstić information content (AvgIpc) is 2.94. The molecule has 1 N–H and O–H groups in total. The first kappa shape index (κ1) is 13.8. The van der Waals surface area contributed by atoms with Crippen LogP contribution < -0.4 is 10.1 Å². The highest BCUT2D eigenvalue weighted by Crippen LogP contribution is 2.11. The third-order valence-corrected chi connectivity index (χ3v) is 3.24. The zero-order valence-corrected chi connectivity index (χ0v) is 11.1. The highest BCUT2D eigenvalue weighted by molar-refractivity contribution is 5.81. The molecule has 1 aliphatic rings. The molecule has 1 aliphatic heterocycles. The van der Waals surface area contributed by atoms with Gasteiger partial charge in [-0.2, -0.15) is 0 Å². The highest BCUT2D eigenvalue weighted by Gasteiger charge is 2.24. The molecule has 0 aromatic heterocycles. The topological polar surface area (TPSA) is 41.6 Å². The molecule has 1 aromatic carbocycles. The molecule has 0 bridgehead atoms. The molecular formula is C14H19FN2O2. The third-order valence-electron chi connectivity index (χ3n) is 3.24. The number of benzene rings is 1. The van der Waals surface area contributed by atoms with Crippen molar-refractivity contribution >= 4 is 5.91 Å². The smallest absolute Gasteiger partial charge is 0.239 e. The van der Waals surface area contributed by atoms with Gasteiger partial charge in [-0.3, -0.25) is 4.79 Å². The Kier molecular flexibility index (Phi) is 4.74. The molecule has 0 saturated carbocycles. The Morgan fingerprint density at radius 2 is 2.21 bits per heavy atom. The van der Waals surface area contributed by atoms with Gasteiger partial charge in [0.05, 0.1) is 12.6 Å². The van der Waals surface area contributed by atoms with Crippen LogP contribution in [0, 0.1) is 5.82 Å². The molecule has 0 radical (unpaired) electrons. The lowest BCUT2D eigenvalue weighted by Gasteiger charge is -2.21. The predicted molar refractivity (Wildman–Crippen MR) is 70.6 cm³/mol. The molecule has 2 rings (SSSR count). The lowest BCUT2D eigenvalue weighted by molar-refractivity contribution is -0.132. The van der Waals surface area contributed by atoms with Gasteiger partial charge in [-0.1, -0.05) is 0 Å². The first-order valence-corrected chi connectivity index (χ1v) is 6.53. The lowest BCUT2D eigenvalue weighted by atomic mass is 10.2. The van der Waals surface area contributed by atoms with Crippen molar-refractivity contribution in [1.82, 2.24) is 10.2 Å². The van der Waals surface area contributed by atoms with Gasteiger partial charge in [-0.05, 0) is 43.7 Å². The van der Waals surface area contributed by atoms with Gasteiger partial charge in [0.1, 0.15) is 18.2 Å². The highest BCUT2D eigenvalue weighted by atomic mass is 19.1. The second-order valence-electron chi connectivity index (χ2n) is 4.71. The van der Waals surface area contributed by atoms with E-state index in [0.29, 0.717) is 18.9 Å². The fraction of sp³-hybridized carbons (Fsp3) is 0.500. The van der Waals surface area contributed by atoms with Gasteiger partial charge in [-0.25, -0.2) is 4.39 Å². The standard InChI is InChI=1S/C14H19FN2O2/c1-17(14(18)13-3-2-8-16-13)9-10-19-12-6-4-11(15)5-7-12/h4-7,13,16H,2-3,8-10H2,1H3. The molecular weight excluding hydrogens is 247 g/mol. The van der Waals surface area contributed by atoms with E-state index in [-0.39, 0.29) is 17.8 Å². The second-order valence-corrected chi connectivity index (χ2v) is 4.71. The van der Waals surface area contributed by atoms with E-state index in [0.717, 1.165) is 19.4 Å². The van der Waals surface area contributed by atoms with Crippen LogP contribution in [0.1, 0.15) is 12.8 Å². The van der Waals surface area contributed by atoms with Crippen molar-refractivity contribution in [1.29, 1.82) is 0 Å². The molecule has 1 aromatic rings. The van der Waals surface area contributed by atoms with E-state index in [1.54, 1.807) is 24.1 Å². The third kappa shape index (κ3) is 3.92. The van der Waals surface area contributed by atoms with Gasteiger partial charge in [0.15, 0.2) is 0 Å². The van der Waals surface area contributed by atoms with Gasteiger partial charge in [0, 0.05) is 7.05 Å². The molecule has 1 saturated heterocycles. The van der Waals surface area contributed by atoms with Crippen LogP contribution in [0.15, 0.2) is 24.3 Å². The summed E-state index contributed by atoms with van der Waals surface area (Å²) in [5.74, 6) is 0.438. The van der Waals surface area contributed by atoms with E-state index < -0.39 is 0 Å². The van der Waals surface area contributed by atoms with Gasteiger partial charge in [-0.15, -0.1) is 0 Å². The van der Waals surface area contributed by atoms with E-state index in [1.807, 2.05) is 0 Å². The van der Waals surface area contributed by atoms with Crippen molar-refractivity contribution in [2.24, 2.45) is 0 Å². The summed E-state index contributed by atoms with van der Waals surface area (Å²) < 4.78 is 18.2. The predicted octanol–water partition coefficient (Wildman–Crippen LogP) is 1.41. The number of carbonyl (C=O) groups excluding carboxylic acids is 1. The number of likely N-dealkylation sites (N-methyl/N-ethyl adjacent to an activating group) is 1. The summed E-state index contributed by atoms with van der Waals surface area (Å²) in [5, 5.41) is 3.18. The van der Waals surface area contributed by atoms with Gasteiger partial charge in [0.2, 0.25) is 5.91 Å². The van der Waals surface area contributed by atoms with Crippen LogP contribution in [-0.2, 0) is 4.79 Å². The zero-order valence-electron chi connectivity index (χ0n) is 11.1. The molecule has 4 nitrogen and oxygen atoms in total. The number of ether oxygens (including phenoxy) is 1. The largest absolute Gasteiger partial charge is 0.492 e. The summed E-state index contributed by atoms with van der Waals surface area (Å²) >= 11 is 0. The Hall–Kier alpha value is -1.62. The second kappa shape index (κ2) is 6.52. The minimum absolute atomic E-state index is 0.0455. The molecule has 104 valence electrons. The minimum Gasteiger partial charge on any atom is -0.492 e. The summed E-state index contributed by atoms with van der Waals surface area (Å²) in [7, 11) is 1.77. The molecule has 1 unspecified atom stereocenters. The molecule has 1 heterocycles. The first-order valence-electron chi connectivity index (χ1n) is 6.53. The fourth-order valence-electron chi connectivity index (χ4n) is 2.10. The van der Waals surface area contributed by atoms with Crippen molar-refractivity contribution in [3.8, 4) is 5.75 Å². The van der Waals surface area contributed by atoms with Crippen LogP contribution in [0.25, 0.3) is 0 Å². The lowest BCUT2D eigenvalue weighted by Crippen LogP contribution is -2.43. The number of nitrogens with zero attached hydrogens (tertiary/aromatic N) is 1. The van der Waals surface area contributed by atoms with Crippen molar-refractivity contribution < 1.29 is 13.9 Å². The van der Waals surface area contributed by atoms with Crippen molar-refractivity contribution in [2.45, 2.75) is 18.9 Å². The number of halogens is 1. The minimum atomic E-state index is -0.285. The Morgan fingerprint density at radius 3 is 2.84 bits per heavy atom. The maximum atomic E-state index is 12.7. The zero-order chi connectivity index (χ0) is 13.7. The Balaban J connectivity index is 1.72. The maximum absolute atomic E-state index is 12.7. The van der Waals surface area contributed by atoms with Gasteiger partial charge < -0.3 is 15.0 Å². The van der Waals surface area contributed by atoms with E-state index in [1.165, 1.54) is 12.1 Å². The van der Waals surface area contributed by atoms with Crippen molar-refractivity contribution in [2.75, 3.05) is 26.7 Å². The van der Waals surface area contributed by atoms with Crippen molar-refractivity contribution in [3.05, 3.63) is 30.1 Å². The van der Waals surface area contributed by atoms with E-state index in [9.17, 15) is 9.18 Å². The Morgan fingerprint density at radius 1 is 1.47 bits per heavy atom. The monoisotopic (exact) mass is 266 g/mol. The van der Waals surface area contributed by atoms with Crippen LogP contribution in [0.4, 0.5) is 4.39 Å². The van der Waals surface area contributed by atoms with Gasteiger partial charge >= 0.3 is 0 Å². The fourth-order valence-corrected chi connectivity index (χ4v) is 2.10. The quantitative estimate of drug-likeness (QED) is 0.876. The molecule has 1 atom stereocenters. The molecule has 0 spiro atoms. The molecule has 0 aliphatic carbocycles. The first-order chi connectivity index (χ1) is 9.16. The summed E-state index contributed by atoms with van der Waals surface area (Å²) in [6.07, 6.45) is 1.96. The summed E-state index contributed by atoms with van der Waals surface area (Å²) in [6, 6.07) is 5.82. The van der Waals surface area contributed by atoms with Crippen molar-refractivity contribution in [3.63, 3.8) is 0 Å². The van der Waals surface area contributed by atoms with E-state index >= 15 is 0 Å². The van der Waals surface area contributed by atoms with Crippen LogP contribution in [-0.4, -0.2) is 43.6 Å². The number of amides is 1. The van der Waals surface area contributed by atoms with Gasteiger partial charge in [0.25, 0.3) is 0 Å². The Labute approximate surface area is 112 Å². The summed E-state index contributed by atoms with van der Waals surface area (Å²) in [5.41, 5.74) is 0. The average molecular weight is 266 g/mol. The SMILES string of the molecule is CN(CCOc1ccc(F)cc1)C(=O)C1CCCN1.